The monoisotopic (exact) mass is 768 g/mol. The van der Waals surface area contributed by atoms with Gasteiger partial charge in [-0.1, -0.05) is 133 Å². The van der Waals surface area contributed by atoms with Crippen molar-refractivity contribution in [2.24, 2.45) is 5.92 Å². The van der Waals surface area contributed by atoms with Crippen LogP contribution in [0.4, 0.5) is 22.7 Å². The molecule has 1 unspecified atom stereocenters. The number of hydrogen-bond donors (Lipinski definition) is 2. The minimum Gasteiger partial charge on any atom is -0.356 e. The number of nitrogens with one attached hydrogen (secondary N) is 2. The van der Waals surface area contributed by atoms with E-state index in [4.69, 9.17) is 0 Å². The maximum atomic E-state index is 3.66. The molecule has 9 aromatic carbocycles. The molecule has 3 aliphatic rings. The third kappa shape index (κ3) is 6.28. The predicted molar refractivity (Wildman–Crippen MR) is 256 cm³/mol. The summed E-state index contributed by atoms with van der Waals surface area (Å²) < 4.78 is 0. The van der Waals surface area contributed by atoms with E-state index in [9.17, 15) is 0 Å². The third-order valence-electron chi connectivity index (χ3n) is 13.4. The number of aryl methyl sites for hydroxylation is 2. The molecule has 0 aromatic heterocycles. The van der Waals surface area contributed by atoms with Crippen LogP contribution in [0.1, 0.15) is 36.0 Å². The molecule has 0 heterocycles. The number of rotatable bonds is 8. The van der Waals surface area contributed by atoms with Gasteiger partial charge in [-0.25, -0.2) is 0 Å². The van der Waals surface area contributed by atoms with Gasteiger partial charge in [0, 0.05) is 22.7 Å². The van der Waals surface area contributed by atoms with Crippen molar-refractivity contribution < 1.29 is 0 Å². The van der Waals surface area contributed by atoms with Gasteiger partial charge in [-0.3, -0.25) is 0 Å². The van der Waals surface area contributed by atoms with Crippen LogP contribution in [0.5, 0.6) is 0 Å². The molecule has 0 radical (unpaired) electrons. The van der Waals surface area contributed by atoms with E-state index in [-0.39, 0.29) is 0 Å². The fourth-order valence-electron chi connectivity index (χ4n) is 9.81. The molecule has 286 valence electrons. The van der Waals surface area contributed by atoms with Crippen molar-refractivity contribution in [1.29, 1.82) is 0 Å². The lowest BCUT2D eigenvalue weighted by molar-refractivity contribution is 0.449. The highest BCUT2D eigenvalue weighted by Gasteiger charge is 2.27. The molecule has 12 rings (SSSR count). The summed E-state index contributed by atoms with van der Waals surface area (Å²) in [6, 6.07) is 65.0. The van der Waals surface area contributed by atoms with Gasteiger partial charge in [0.1, 0.15) is 0 Å². The maximum absolute atomic E-state index is 3.66. The Bertz CT molecular complexity index is 3200. The van der Waals surface area contributed by atoms with Crippen molar-refractivity contribution in [1.82, 2.24) is 0 Å². The van der Waals surface area contributed by atoms with Crippen LogP contribution in [0.15, 0.2) is 194 Å². The summed E-state index contributed by atoms with van der Waals surface area (Å²) in [4.78, 5) is 0. The van der Waals surface area contributed by atoms with Crippen molar-refractivity contribution in [3.63, 3.8) is 0 Å². The fourth-order valence-corrected chi connectivity index (χ4v) is 9.81. The van der Waals surface area contributed by atoms with Crippen molar-refractivity contribution in [3.05, 3.63) is 210 Å². The van der Waals surface area contributed by atoms with Gasteiger partial charge in [-0.2, -0.15) is 0 Å². The van der Waals surface area contributed by atoms with Crippen molar-refractivity contribution in [3.8, 4) is 33.4 Å². The summed E-state index contributed by atoms with van der Waals surface area (Å²) in [5, 5.41) is 15.0. The molecule has 0 amide bonds. The Hall–Kier alpha value is -7.16. The van der Waals surface area contributed by atoms with Crippen molar-refractivity contribution in [2.45, 2.75) is 32.1 Å². The largest absolute Gasteiger partial charge is 0.356 e. The molecule has 0 saturated heterocycles. The van der Waals surface area contributed by atoms with E-state index < -0.39 is 0 Å². The predicted octanol–water partition coefficient (Wildman–Crippen LogP) is 15.9. The Morgan fingerprint density at radius 3 is 1.40 bits per heavy atom. The number of anilines is 4. The Morgan fingerprint density at radius 2 is 0.850 bits per heavy atom. The van der Waals surface area contributed by atoms with Crippen LogP contribution < -0.4 is 10.6 Å². The third-order valence-corrected chi connectivity index (χ3v) is 13.4. The van der Waals surface area contributed by atoms with E-state index in [1.54, 1.807) is 5.57 Å². The molecule has 9 aromatic rings. The molecular formula is C58H44N2. The summed E-state index contributed by atoms with van der Waals surface area (Å²) in [7, 11) is 0. The molecule has 0 bridgehead atoms. The Morgan fingerprint density at radius 1 is 0.333 bits per heavy atom. The van der Waals surface area contributed by atoms with Gasteiger partial charge in [0.2, 0.25) is 0 Å². The highest BCUT2D eigenvalue weighted by molar-refractivity contribution is 6.26. The normalized spacial score (nSPS) is 15.4. The zero-order valence-corrected chi connectivity index (χ0v) is 33.5. The molecule has 3 aliphatic carbocycles. The van der Waals surface area contributed by atoms with Crippen LogP contribution in [0, 0.1) is 5.92 Å². The highest BCUT2D eigenvalue weighted by Crippen LogP contribution is 2.44. The van der Waals surface area contributed by atoms with E-state index >= 15 is 0 Å². The molecule has 0 spiro atoms. The standard InChI is InChI=1S/C58H44N2/c1-2-10-54-53(9-1)57-35-47(39-19-25-49(26-20-39)59-51-7-3-5-41(33-51)45-17-13-37-11-15-43(37)31-45)23-29-55(57)56-30-24-48(36-58(54)56)40-21-27-50(28-22-40)60-52-8-4-6-42(34-52)46-18-14-38-12-16-44(38)32-46/h1-10,13-14,17-31,33-36,44,59-60H,11-12,15-16,32H2. The second kappa shape index (κ2) is 14.3. The SMILES string of the molecule is C1=C(c2cccc(Nc3ccc(-c4ccc5c6ccc(-c7ccc(Nc8cccc(-c9ccc%10c(c9)CC%10)c8)cc7)cc6c6ccccc6c5c4)cc3)c2)CC2CCC2=C1. The minimum absolute atomic E-state index is 0.762. The molecule has 2 nitrogen and oxygen atoms in total. The van der Waals surface area contributed by atoms with Crippen LogP contribution >= 0.6 is 0 Å². The first-order chi connectivity index (χ1) is 29.6. The summed E-state index contributed by atoms with van der Waals surface area (Å²) >= 11 is 0. The van der Waals surface area contributed by atoms with Crippen LogP contribution in [-0.4, -0.2) is 0 Å². The lowest BCUT2D eigenvalue weighted by Gasteiger charge is -2.33. The number of fused-ring (bicyclic) bond motifs is 8. The van der Waals surface area contributed by atoms with Crippen molar-refractivity contribution in [2.75, 3.05) is 10.6 Å². The highest BCUT2D eigenvalue weighted by atomic mass is 14.9. The van der Waals surface area contributed by atoms with Gasteiger partial charge >= 0.3 is 0 Å². The molecular weight excluding hydrogens is 725 g/mol. The summed E-state index contributed by atoms with van der Waals surface area (Å²) in [6.45, 7) is 0. The van der Waals surface area contributed by atoms with E-state index in [0.717, 1.165) is 28.7 Å². The van der Waals surface area contributed by atoms with Gasteiger partial charge in [0.15, 0.2) is 0 Å². The molecule has 1 fully saturated rings. The van der Waals surface area contributed by atoms with Crippen molar-refractivity contribution >= 4 is 60.6 Å². The van der Waals surface area contributed by atoms with Gasteiger partial charge < -0.3 is 10.6 Å². The van der Waals surface area contributed by atoms with E-state index in [1.165, 1.54) is 120 Å². The Labute approximate surface area is 351 Å². The van der Waals surface area contributed by atoms with Gasteiger partial charge in [-0.15, -0.1) is 0 Å². The van der Waals surface area contributed by atoms with E-state index in [1.807, 2.05) is 0 Å². The quantitative estimate of drug-likeness (QED) is 0.150. The Kier molecular flexibility index (Phi) is 8.30. The van der Waals surface area contributed by atoms with Crippen LogP contribution in [0.25, 0.3) is 71.3 Å². The lowest BCUT2D eigenvalue weighted by atomic mass is 9.72. The second-order valence-corrected chi connectivity index (χ2v) is 17.0. The molecule has 2 N–H and O–H groups in total. The molecule has 60 heavy (non-hydrogen) atoms. The lowest BCUT2D eigenvalue weighted by Crippen LogP contribution is -2.18. The fraction of sp³-hybridized carbons (Fsp3) is 0.103. The number of hydrogen-bond acceptors (Lipinski definition) is 2. The first-order valence-electron chi connectivity index (χ1n) is 21.5. The molecule has 2 heteroatoms. The zero-order chi connectivity index (χ0) is 39.6. The van der Waals surface area contributed by atoms with Crippen LogP contribution in [-0.2, 0) is 12.8 Å². The van der Waals surface area contributed by atoms with Crippen LogP contribution in [0.2, 0.25) is 0 Å². The zero-order valence-electron chi connectivity index (χ0n) is 33.5. The topological polar surface area (TPSA) is 24.1 Å². The summed E-state index contributed by atoms with van der Waals surface area (Å²) in [5.74, 6) is 0.762. The first kappa shape index (κ1) is 34.8. The van der Waals surface area contributed by atoms with E-state index in [0.29, 0.717) is 0 Å². The Balaban J connectivity index is 0.799. The molecule has 0 aliphatic heterocycles. The number of benzene rings is 9. The average Bonchev–Trinajstić information content (AvgIpc) is 3.28. The summed E-state index contributed by atoms with van der Waals surface area (Å²) in [5.41, 5.74) is 19.2. The molecule has 1 saturated carbocycles. The smallest absolute Gasteiger partial charge is 0.0390 e. The van der Waals surface area contributed by atoms with Crippen LogP contribution in [0.3, 0.4) is 0 Å². The van der Waals surface area contributed by atoms with E-state index in [2.05, 4.69) is 199 Å². The second-order valence-electron chi connectivity index (χ2n) is 17.0. The molecule has 1 atom stereocenters. The summed E-state index contributed by atoms with van der Waals surface area (Å²) in [6.07, 6.45) is 10.9. The maximum Gasteiger partial charge on any atom is 0.0390 e. The van der Waals surface area contributed by atoms with Gasteiger partial charge in [-0.05, 0) is 187 Å². The van der Waals surface area contributed by atoms with Gasteiger partial charge in [0.05, 0.1) is 0 Å². The van der Waals surface area contributed by atoms with Gasteiger partial charge in [0.25, 0.3) is 0 Å². The number of allylic oxidation sites excluding steroid dienone is 4. The average molecular weight is 769 g/mol. The minimum atomic E-state index is 0.762. The first-order valence-corrected chi connectivity index (χ1v) is 21.5.